The van der Waals surface area contributed by atoms with Crippen molar-refractivity contribution in [1.29, 1.82) is 0 Å². The molecule has 0 bridgehead atoms. The second kappa shape index (κ2) is 8.17. The Morgan fingerprint density at radius 2 is 1.88 bits per heavy atom. The highest BCUT2D eigenvalue weighted by atomic mass is 16.5. The van der Waals surface area contributed by atoms with Crippen LogP contribution in [-0.4, -0.2) is 21.3 Å². The molecule has 2 aromatic carbocycles. The van der Waals surface area contributed by atoms with Crippen LogP contribution in [0.15, 0.2) is 48.5 Å². The maximum absolute atomic E-state index is 10.4. The number of aryl methyl sites for hydroxylation is 2. The molecule has 4 nitrogen and oxygen atoms in total. The van der Waals surface area contributed by atoms with Crippen molar-refractivity contribution in [2.24, 2.45) is 0 Å². The highest BCUT2D eigenvalue weighted by Crippen LogP contribution is 2.24. The van der Waals surface area contributed by atoms with Crippen molar-refractivity contribution in [3.05, 3.63) is 59.9 Å². The molecule has 1 aromatic heterocycles. The Morgan fingerprint density at radius 3 is 2.64 bits per heavy atom. The van der Waals surface area contributed by atoms with Crippen molar-refractivity contribution in [3.63, 3.8) is 0 Å². The van der Waals surface area contributed by atoms with Gasteiger partial charge in [0.1, 0.15) is 17.7 Å². The summed E-state index contributed by atoms with van der Waals surface area (Å²) in [5.74, 6) is 1.66. The number of aromatic nitrogens is 2. The zero-order valence-electron chi connectivity index (χ0n) is 15.0. The van der Waals surface area contributed by atoms with Crippen molar-refractivity contribution >= 4 is 11.0 Å². The molecular weight excluding hydrogens is 312 g/mol. The van der Waals surface area contributed by atoms with E-state index in [0.717, 1.165) is 48.4 Å². The maximum atomic E-state index is 10.4. The number of hydrogen-bond acceptors (Lipinski definition) is 3. The Morgan fingerprint density at radius 1 is 1.12 bits per heavy atom. The summed E-state index contributed by atoms with van der Waals surface area (Å²) in [4.78, 5) is 4.65. The second-order valence-electron chi connectivity index (χ2n) is 6.43. The largest absolute Gasteiger partial charge is 0.494 e. The van der Waals surface area contributed by atoms with Gasteiger partial charge in [0.2, 0.25) is 0 Å². The van der Waals surface area contributed by atoms with Gasteiger partial charge in [-0.2, -0.15) is 0 Å². The number of aliphatic hydroxyl groups excluding tert-OH is 1. The number of hydrogen-bond donors (Lipinski definition) is 1. The third kappa shape index (κ3) is 4.20. The molecule has 0 aliphatic carbocycles. The Labute approximate surface area is 149 Å². The molecular formula is C21H26N2O2. The highest BCUT2D eigenvalue weighted by Gasteiger charge is 2.17. The van der Waals surface area contributed by atoms with Crippen molar-refractivity contribution in [2.75, 3.05) is 6.61 Å². The number of para-hydroxylation sites is 2. The quantitative estimate of drug-likeness (QED) is 0.608. The van der Waals surface area contributed by atoms with Crippen LogP contribution in [0.25, 0.3) is 11.0 Å². The van der Waals surface area contributed by atoms with E-state index in [4.69, 9.17) is 4.74 Å². The Bertz CT molecular complexity index is 808. The van der Waals surface area contributed by atoms with E-state index < -0.39 is 6.10 Å². The predicted molar refractivity (Wildman–Crippen MR) is 101 cm³/mol. The molecule has 4 heteroatoms. The predicted octanol–water partition coefficient (Wildman–Crippen LogP) is 4.65. The molecule has 132 valence electrons. The highest BCUT2D eigenvalue weighted by molar-refractivity contribution is 5.76. The first kappa shape index (κ1) is 17.5. The van der Waals surface area contributed by atoms with Gasteiger partial charge in [-0.05, 0) is 44.0 Å². The minimum absolute atomic E-state index is 0.518. The second-order valence-corrected chi connectivity index (χ2v) is 6.43. The SMILES string of the molecule is CCC[C@@H](O)c1nc2ccccc2n1CCCOc1ccc(C)cc1. The fourth-order valence-corrected chi connectivity index (χ4v) is 3.03. The van der Waals surface area contributed by atoms with E-state index in [1.54, 1.807) is 0 Å². The molecule has 0 aliphatic heterocycles. The van der Waals surface area contributed by atoms with E-state index in [-0.39, 0.29) is 0 Å². The summed E-state index contributed by atoms with van der Waals surface area (Å²) in [6, 6.07) is 16.2. The van der Waals surface area contributed by atoms with E-state index in [0.29, 0.717) is 6.61 Å². The van der Waals surface area contributed by atoms with E-state index in [9.17, 15) is 5.11 Å². The molecule has 0 unspecified atom stereocenters. The summed E-state index contributed by atoms with van der Waals surface area (Å²) < 4.78 is 7.96. The van der Waals surface area contributed by atoms with Gasteiger partial charge in [-0.1, -0.05) is 43.2 Å². The summed E-state index contributed by atoms with van der Waals surface area (Å²) in [7, 11) is 0. The Balaban J connectivity index is 1.69. The summed E-state index contributed by atoms with van der Waals surface area (Å²) in [6.07, 6.45) is 2.00. The molecule has 1 N–H and O–H groups in total. The first-order valence-electron chi connectivity index (χ1n) is 9.01. The monoisotopic (exact) mass is 338 g/mol. The normalized spacial score (nSPS) is 12.4. The lowest BCUT2D eigenvalue weighted by atomic mass is 10.2. The lowest BCUT2D eigenvalue weighted by Gasteiger charge is -2.14. The van der Waals surface area contributed by atoms with Gasteiger partial charge < -0.3 is 14.4 Å². The molecule has 1 heterocycles. The van der Waals surface area contributed by atoms with Gasteiger partial charge in [0, 0.05) is 6.54 Å². The van der Waals surface area contributed by atoms with Gasteiger partial charge in [0.15, 0.2) is 0 Å². The van der Waals surface area contributed by atoms with Crippen LogP contribution in [0.5, 0.6) is 5.75 Å². The van der Waals surface area contributed by atoms with Crippen molar-refractivity contribution in [3.8, 4) is 5.75 Å². The van der Waals surface area contributed by atoms with Crippen molar-refractivity contribution in [2.45, 2.75) is 45.8 Å². The minimum Gasteiger partial charge on any atom is -0.494 e. The molecule has 0 radical (unpaired) electrons. The molecule has 0 saturated heterocycles. The molecule has 0 aliphatic rings. The number of nitrogens with zero attached hydrogens (tertiary/aromatic N) is 2. The standard InChI is InChI=1S/C21H26N2O2/c1-3-7-20(24)21-22-18-8-4-5-9-19(18)23(21)14-6-15-25-17-12-10-16(2)11-13-17/h4-5,8-13,20,24H,3,6-7,14-15H2,1-2H3/t20-/m1/s1. The van der Waals surface area contributed by atoms with Crippen LogP contribution in [0.3, 0.4) is 0 Å². The van der Waals surface area contributed by atoms with Gasteiger partial charge in [-0.15, -0.1) is 0 Å². The minimum atomic E-state index is -0.518. The average molecular weight is 338 g/mol. The maximum Gasteiger partial charge on any atom is 0.138 e. The van der Waals surface area contributed by atoms with Crippen molar-refractivity contribution < 1.29 is 9.84 Å². The molecule has 3 aromatic rings. The fourth-order valence-electron chi connectivity index (χ4n) is 3.03. The first-order valence-corrected chi connectivity index (χ1v) is 9.01. The van der Waals surface area contributed by atoms with Crippen LogP contribution >= 0.6 is 0 Å². The molecule has 1 atom stereocenters. The lowest BCUT2D eigenvalue weighted by molar-refractivity contribution is 0.152. The molecule has 25 heavy (non-hydrogen) atoms. The molecule has 0 fully saturated rings. The Hall–Kier alpha value is -2.33. The van der Waals surface area contributed by atoms with E-state index in [1.807, 2.05) is 30.3 Å². The van der Waals surface area contributed by atoms with E-state index >= 15 is 0 Å². The van der Waals surface area contributed by atoms with Crippen LogP contribution in [0, 0.1) is 6.92 Å². The molecule has 0 amide bonds. The number of aliphatic hydroxyl groups is 1. The summed E-state index contributed by atoms with van der Waals surface area (Å²) in [6.45, 7) is 5.56. The smallest absolute Gasteiger partial charge is 0.138 e. The molecule has 0 saturated carbocycles. The van der Waals surface area contributed by atoms with Crippen molar-refractivity contribution in [1.82, 2.24) is 9.55 Å². The van der Waals surface area contributed by atoms with Crippen LogP contribution in [-0.2, 0) is 6.54 Å². The third-order valence-corrected chi connectivity index (χ3v) is 4.36. The van der Waals surface area contributed by atoms with Gasteiger partial charge in [-0.3, -0.25) is 0 Å². The zero-order valence-corrected chi connectivity index (χ0v) is 15.0. The zero-order chi connectivity index (χ0) is 17.6. The average Bonchev–Trinajstić information content (AvgIpc) is 2.99. The molecule has 3 rings (SSSR count). The topological polar surface area (TPSA) is 47.3 Å². The van der Waals surface area contributed by atoms with Gasteiger partial charge in [0.05, 0.1) is 17.6 Å². The summed E-state index contributed by atoms with van der Waals surface area (Å²) in [5, 5.41) is 10.4. The number of benzene rings is 2. The lowest BCUT2D eigenvalue weighted by Crippen LogP contribution is -2.11. The summed E-state index contributed by atoms with van der Waals surface area (Å²) in [5.41, 5.74) is 3.24. The number of fused-ring (bicyclic) bond motifs is 1. The van der Waals surface area contributed by atoms with Crippen LogP contribution in [0.4, 0.5) is 0 Å². The van der Waals surface area contributed by atoms with Crippen LogP contribution in [0.2, 0.25) is 0 Å². The third-order valence-electron chi connectivity index (χ3n) is 4.36. The van der Waals surface area contributed by atoms with E-state index in [2.05, 4.69) is 41.6 Å². The van der Waals surface area contributed by atoms with Crippen LogP contribution < -0.4 is 4.74 Å². The van der Waals surface area contributed by atoms with Gasteiger partial charge in [0.25, 0.3) is 0 Å². The number of rotatable bonds is 8. The summed E-state index contributed by atoms with van der Waals surface area (Å²) >= 11 is 0. The number of ether oxygens (including phenoxy) is 1. The fraction of sp³-hybridized carbons (Fsp3) is 0.381. The van der Waals surface area contributed by atoms with Gasteiger partial charge in [-0.25, -0.2) is 4.98 Å². The van der Waals surface area contributed by atoms with Crippen LogP contribution in [0.1, 0.15) is 43.7 Å². The Kier molecular flexibility index (Phi) is 5.71. The molecule has 0 spiro atoms. The van der Waals surface area contributed by atoms with Gasteiger partial charge >= 0.3 is 0 Å². The first-order chi connectivity index (χ1) is 12.2. The number of imidazole rings is 1. The van der Waals surface area contributed by atoms with E-state index in [1.165, 1.54) is 5.56 Å².